The van der Waals surface area contributed by atoms with Crippen LogP contribution in [0.5, 0.6) is 5.88 Å². The molecule has 0 bridgehead atoms. The number of alkyl halides is 3. The normalized spacial score (nSPS) is 11.9. The Morgan fingerprint density at radius 3 is 2.66 bits per heavy atom. The number of nitrogens with one attached hydrogen (secondary N) is 2. The topological polar surface area (TPSA) is 71.0 Å². The molecule has 0 spiro atoms. The number of hydrogen-bond acceptors (Lipinski definition) is 5. The molecule has 2 N–H and O–H groups in total. The van der Waals surface area contributed by atoms with Crippen LogP contribution < -0.4 is 15.4 Å². The molecule has 0 fully saturated rings. The van der Waals surface area contributed by atoms with E-state index < -0.39 is 17.6 Å². The molecule has 11 heteroatoms. The lowest BCUT2D eigenvalue weighted by Crippen LogP contribution is -2.40. The van der Waals surface area contributed by atoms with Crippen molar-refractivity contribution < 1.29 is 22.6 Å². The van der Waals surface area contributed by atoms with Crippen molar-refractivity contribution in [2.75, 3.05) is 60.1 Å². The summed E-state index contributed by atoms with van der Waals surface area (Å²) in [6, 6.07) is 2.18. The molecule has 1 aromatic rings. The third-order valence-electron chi connectivity index (χ3n) is 3.69. The van der Waals surface area contributed by atoms with Crippen LogP contribution in [0.4, 0.5) is 13.2 Å². The second kappa shape index (κ2) is 15.5. The number of ether oxygens (including phenoxy) is 2. The first-order chi connectivity index (χ1) is 13.4. The number of pyridine rings is 1. The lowest BCUT2D eigenvalue weighted by Gasteiger charge is -2.16. The number of halogens is 4. The summed E-state index contributed by atoms with van der Waals surface area (Å²) in [6.45, 7) is 5.97. The largest absolute Gasteiger partial charge is 0.475 e. The molecule has 0 saturated heterocycles. The van der Waals surface area contributed by atoms with Gasteiger partial charge in [0.05, 0.1) is 13.1 Å². The van der Waals surface area contributed by atoms with Crippen LogP contribution >= 0.6 is 24.0 Å². The molecule has 29 heavy (non-hydrogen) atoms. The van der Waals surface area contributed by atoms with E-state index >= 15 is 0 Å². The van der Waals surface area contributed by atoms with Crippen molar-refractivity contribution in [2.45, 2.75) is 19.5 Å². The average molecular weight is 533 g/mol. The van der Waals surface area contributed by atoms with Crippen LogP contribution in [-0.2, 0) is 10.9 Å². The lowest BCUT2D eigenvalue weighted by molar-refractivity contribution is -0.139. The van der Waals surface area contributed by atoms with E-state index in [2.05, 4.69) is 25.5 Å². The van der Waals surface area contributed by atoms with Gasteiger partial charge in [0.15, 0.2) is 5.96 Å². The van der Waals surface area contributed by atoms with Crippen LogP contribution in [0.15, 0.2) is 23.3 Å². The summed E-state index contributed by atoms with van der Waals surface area (Å²) in [4.78, 5) is 10.3. The molecule has 0 aliphatic heterocycles. The first kappa shape index (κ1) is 27.7. The summed E-state index contributed by atoms with van der Waals surface area (Å²) in [7, 11) is 3.70. The number of aliphatic imine (C=N–C) groups is 1. The Kier molecular flexibility index (Phi) is 14.8. The van der Waals surface area contributed by atoms with Crippen molar-refractivity contribution in [3.8, 4) is 5.88 Å². The van der Waals surface area contributed by atoms with Gasteiger partial charge in [-0.05, 0) is 32.5 Å². The van der Waals surface area contributed by atoms with Gasteiger partial charge >= 0.3 is 6.18 Å². The Hall–Kier alpha value is -1.34. The van der Waals surface area contributed by atoms with Crippen molar-refractivity contribution in [1.29, 1.82) is 0 Å². The van der Waals surface area contributed by atoms with Crippen LogP contribution in [0.25, 0.3) is 0 Å². The van der Waals surface area contributed by atoms with E-state index in [0.29, 0.717) is 25.6 Å². The first-order valence-electron chi connectivity index (χ1n) is 9.23. The van der Waals surface area contributed by atoms with Crippen molar-refractivity contribution in [3.05, 3.63) is 23.9 Å². The predicted octanol–water partition coefficient (Wildman–Crippen LogP) is 2.62. The van der Waals surface area contributed by atoms with Gasteiger partial charge in [-0.1, -0.05) is 0 Å². The maximum Gasteiger partial charge on any atom is 0.421 e. The quantitative estimate of drug-likeness (QED) is 0.186. The summed E-state index contributed by atoms with van der Waals surface area (Å²) >= 11 is 0. The second-order valence-electron chi connectivity index (χ2n) is 6.04. The van der Waals surface area contributed by atoms with Crippen LogP contribution in [0.2, 0.25) is 0 Å². The number of methoxy groups -OCH3 is 1. The predicted molar refractivity (Wildman–Crippen MR) is 118 cm³/mol. The van der Waals surface area contributed by atoms with Crippen molar-refractivity contribution in [3.63, 3.8) is 0 Å². The highest BCUT2D eigenvalue weighted by Crippen LogP contribution is 2.34. The van der Waals surface area contributed by atoms with E-state index in [0.717, 1.165) is 32.2 Å². The maximum absolute atomic E-state index is 12.9. The minimum absolute atomic E-state index is 0. The van der Waals surface area contributed by atoms with Gasteiger partial charge in [0.25, 0.3) is 0 Å². The third-order valence-corrected chi connectivity index (χ3v) is 3.69. The number of guanidine groups is 1. The summed E-state index contributed by atoms with van der Waals surface area (Å²) in [6.07, 6.45) is -2.27. The summed E-state index contributed by atoms with van der Waals surface area (Å²) in [5, 5.41) is 6.13. The van der Waals surface area contributed by atoms with Gasteiger partial charge in [-0.2, -0.15) is 13.2 Å². The van der Waals surface area contributed by atoms with E-state index in [1.165, 1.54) is 12.3 Å². The monoisotopic (exact) mass is 533 g/mol. The Morgan fingerprint density at radius 2 is 2.00 bits per heavy atom. The second-order valence-corrected chi connectivity index (χ2v) is 6.04. The molecular formula is C18H31F3IN5O2. The van der Waals surface area contributed by atoms with Gasteiger partial charge in [-0.15, -0.1) is 24.0 Å². The highest BCUT2D eigenvalue weighted by molar-refractivity contribution is 14.0. The van der Waals surface area contributed by atoms with Crippen molar-refractivity contribution in [1.82, 2.24) is 20.5 Å². The number of nitrogens with zero attached hydrogens (tertiary/aromatic N) is 3. The van der Waals surface area contributed by atoms with Crippen LogP contribution in [0.1, 0.15) is 18.9 Å². The first-order valence-corrected chi connectivity index (χ1v) is 9.23. The van der Waals surface area contributed by atoms with E-state index in [-0.39, 0.29) is 30.6 Å². The molecule has 0 saturated carbocycles. The van der Waals surface area contributed by atoms with Gasteiger partial charge in [0.1, 0.15) is 12.2 Å². The smallest absolute Gasteiger partial charge is 0.421 e. The fourth-order valence-electron chi connectivity index (χ4n) is 2.30. The number of likely N-dealkylation sites (N-methyl/N-ethyl adjacent to an activating group) is 1. The molecule has 1 rings (SSSR count). The standard InChI is InChI=1S/C18H30F3N5O2.HI/c1-4-22-17(24-9-12-26(2)11-6-13-27-3)25-10-14-28-16-15(18(19,20)21)7-5-8-23-16;/h5,7-8H,4,6,9-14H2,1-3H3,(H2,22,24,25);1H. The maximum atomic E-state index is 12.9. The molecule has 0 aliphatic rings. The number of rotatable bonds is 12. The Bertz CT molecular complexity index is 591. The zero-order valence-electron chi connectivity index (χ0n) is 17.1. The van der Waals surface area contributed by atoms with Gasteiger partial charge in [-0.25, -0.2) is 4.98 Å². The minimum Gasteiger partial charge on any atom is -0.475 e. The Balaban J connectivity index is 0.00000784. The highest BCUT2D eigenvalue weighted by atomic mass is 127. The van der Waals surface area contributed by atoms with Gasteiger partial charge in [-0.3, -0.25) is 4.99 Å². The molecule has 0 aromatic carbocycles. The molecule has 0 unspecified atom stereocenters. The lowest BCUT2D eigenvalue weighted by atomic mass is 10.2. The Morgan fingerprint density at radius 1 is 1.24 bits per heavy atom. The van der Waals surface area contributed by atoms with Crippen LogP contribution in [0, 0.1) is 0 Å². The fourth-order valence-corrected chi connectivity index (χ4v) is 2.30. The number of aromatic nitrogens is 1. The van der Waals surface area contributed by atoms with Crippen molar-refractivity contribution >= 4 is 29.9 Å². The van der Waals surface area contributed by atoms with Gasteiger partial charge < -0.3 is 25.0 Å². The molecule has 0 amide bonds. The molecule has 1 heterocycles. The number of hydrogen-bond donors (Lipinski definition) is 2. The average Bonchev–Trinajstić information content (AvgIpc) is 2.65. The molecule has 0 atom stereocenters. The minimum atomic E-state index is -4.50. The SMILES string of the molecule is CCNC(=NCCN(C)CCCOC)NCCOc1ncccc1C(F)(F)F.I. The summed E-state index contributed by atoms with van der Waals surface area (Å²) in [5.74, 6) is 0.171. The van der Waals surface area contributed by atoms with E-state index in [4.69, 9.17) is 9.47 Å². The van der Waals surface area contributed by atoms with Crippen molar-refractivity contribution in [2.24, 2.45) is 4.99 Å². The van der Waals surface area contributed by atoms with Gasteiger partial charge in [0, 0.05) is 39.5 Å². The van der Waals surface area contributed by atoms with E-state index in [1.807, 2.05) is 14.0 Å². The van der Waals surface area contributed by atoms with E-state index in [1.54, 1.807) is 7.11 Å². The molecular weight excluding hydrogens is 502 g/mol. The van der Waals surface area contributed by atoms with Crippen LogP contribution in [-0.4, -0.2) is 75.9 Å². The third kappa shape index (κ3) is 12.1. The zero-order valence-corrected chi connectivity index (χ0v) is 19.4. The zero-order chi connectivity index (χ0) is 20.8. The van der Waals surface area contributed by atoms with Gasteiger partial charge in [0.2, 0.25) is 5.88 Å². The highest BCUT2D eigenvalue weighted by Gasteiger charge is 2.34. The molecule has 0 radical (unpaired) electrons. The Labute approximate surface area is 187 Å². The fraction of sp³-hybridized carbons (Fsp3) is 0.667. The van der Waals surface area contributed by atoms with Crippen LogP contribution in [0.3, 0.4) is 0 Å². The molecule has 7 nitrogen and oxygen atoms in total. The molecule has 0 aliphatic carbocycles. The summed E-state index contributed by atoms with van der Waals surface area (Å²) in [5.41, 5.74) is -0.882. The summed E-state index contributed by atoms with van der Waals surface area (Å²) < 4.78 is 49.0. The van der Waals surface area contributed by atoms with E-state index in [9.17, 15) is 13.2 Å². The molecule has 168 valence electrons. The molecule has 1 aromatic heterocycles.